The van der Waals surface area contributed by atoms with Gasteiger partial charge in [-0.2, -0.15) is 0 Å². The van der Waals surface area contributed by atoms with E-state index in [2.05, 4.69) is 31.5 Å². The van der Waals surface area contributed by atoms with E-state index in [1.54, 1.807) is 6.20 Å². The van der Waals surface area contributed by atoms with Crippen LogP contribution in [0.15, 0.2) is 16.7 Å². The lowest BCUT2D eigenvalue weighted by molar-refractivity contribution is -0.117. The van der Waals surface area contributed by atoms with Crippen molar-refractivity contribution in [3.63, 3.8) is 0 Å². The summed E-state index contributed by atoms with van der Waals surface area (Å²) in [7, 11) is 0. The molecule has 0 aromatic carbocycles. The first-order valence-corrected chi connectivity index (χ1v) is 8.07. The fourth-order valence-corrected chi connectivity index (χ4v) is 3.62. The maximum atomic E-state index is 12.1. The molecule has 2 saturated heterocycles. The summed E-state index contributed by atoms with van der Waals surface area (Å²) in [4.78, 5) is 16.4. The van der Waals surface area contributed by atoms with E-state index in [9.17, 15) is 4.79 Å². The highest BCUT2D eigenvalue weighted by Crippen LogP contribution is 2.32. The van der Waals surface area contributed by atoms with Crippen LogP contribution in [0.4, 0.5) is 5.82 Å². The van der Waals surface area contributed by atoms with Gasteiger partial charge in [0, 0.05) is 29.2 Å². The number of nitrogens with one attached hydrogen (secondary N) is 2. The number of carbonyl (C=O) groups is 1. The molecule has 2 unspecified atom stereocenters. The summed E-state index contributed by atoms with van der Waals surface area (Å²) < 4.78 is 0.963. The Labute approximate surface area is 127 Å². The zero-order valence-electron chi connectivity index (χ0n) is 11.7. The molecule has 108 valence electrons. The Morgan fingerprint density at radius 1 is 1.45 bits per heavy atom. The van der Waals surface area contributed by atoms with E-state index in [0.717, 1.165) is 22.9 Å². The van der Waals surface area contributed by atoms with Crippen molar-refractivity contribution >= 4 is 27.7 Å². The lowest BCUT2D eigenvalue weighted by atomic mass is 9.89. The van der Waals surface area contributed by atoms with Crippen LogP contribution in [0, 0.1) is 12.8 Å². The molecule has 1 aromatic rings. The number of hydrogen-bond donors (Lipinski definition) is 2. The number of nitrogens with zero attached hydrogens (tertiary/aromatic N) is 1. The zero-order chi connectivity index (χ0) is 14.1. The van der Waals surface area contributed by atoms with Crippen LogP contribution in [0.25, 0.3) is 0 Å². The third-order valence-corrected chi connectivity index (χ3v) is 5.19. The van der Waals surface area contributed by atoms with Gasteiger partial charge in [-0.05, 0) is 66.1 Å². The highest BCUT2D eigenvalue weighted by molar-refractivity contribution is 9.10. The molecule has 2 N–H and O–H groups in total. The molecule has 0 spiro atoms. The molecule has 2 bridgehead atoms. The minimum Gasteiger partial charge on any atom is -0.311 e. The monoisotopic (exact) mass is 337 g/mol. The summed E-state index contributed by atoms with van der Waals surface area (Å²) in [5.74, 6) is 1.25. The Kier molecular flexibility index (Phi) is 4.08. The molecule has 3 rings (SSSR count). The molecule has 0 aliphatic carbocycles. The third-order valence-electron chi connectivity index (χ3n) is 4.36. The van der Waals surface area contributed by atoms with Crippen LogP contribution in [0.1, 0.15) is 37.7 Å². The largest absolute Gasteiger partial charge is 0.311 e. The van der Waals surface area contributed by atoms with Gasteiger partial charge in [0.15, 0.2) is 0 Å². The minimum absolute atomic E-state index is 0.0884. The Morgan fingerprint density at radius 2 is 2.15 bits per heavy atom. The summed E-state index contributed by atoms with van der Waals surface area (Å²) >= 11 is 3.41. The number of carbonyl (C=O) groups excluding carboxylic acids is 1. The SMILES string of the molecule is Cc1cc(NC(=O)CC2CC3CCC(C2)N3)ncc1Br. The summed E-state index contributed by atoms with van der Waals surface area (Å²) in [6.45, 7) is 1.99. The van der Waals surface area contributed by atoms with Gasteiger partial charge in [0.25, 0.3) is 0 Å². The van der Waals surface area contributed by atoms with Gasteiger partial charge in [-0.15, -0.1) is 0 Å². The minimum atomic E-state index is 0.0884. The van der Waals surface area contributed by atoms with Gasteiger partial charge in [-0.25, -0.2) is 4.98 Å². The van der Waals surface area contributed by atoms with E-state index in [0.29, 0.717) is 30.2 Å². The van der Waals surface area contributed by atoms with Gasteiger partial charge in [-0.1, -0.05) is 0 Å². The van der Waals surface area contributed by atoms with E-state index < -0.39 is 0 Å². The number of piperidine rings is 1. The average molecular weight is 338 g/mol. The Bertz CT molecular complexity index is 508. The van der Waals surface area contributed by atoms with Crippen LogP contribution in [-0.4, -0.2) is 23.0 Å². The first-order valence-electron chi connectivity index (χ1n) is 7.28. The summed E-state index contributed by atoms with van der Waals surface area (Å²) in [5, 5.41) is 6.52. The van der Waals surface area contributed by atoms with Crippen molar-refractivity contribution in [2.45, 2.75) is 51.1 Å². The first kappa shape index (κ1) is 14.0. The molecular formula is C15H20BrN3O. The first-order chi connectivity index (χ1) is 9.60. The molecule has 1 amide bonds. The lowest BCUT2D eigenvalue weighted by Gasteiger charge is -2.28. The average Bonchev–Trinajstić information content (AvgIpc) is 2.73. The molecule has 0 radical (unpaired) electrons. The molecule has 2 aliphatic rings. The van der Waals surface area contributed by atoms with Gasteiger partial charge in [-0.3, -0.25) is 4.79 Å². The number of aryl methyl sites for hydroxylation is 1. The molecule has 5 heteroatoms. The molecule has 1 aromatic heterocycles. The predicted molar refractivity (Wildman–Crippen MR) is 82.6 cm³/mol. The summed E-state index contributed by atoms with van der Waals surface area (Å²) in [6.07, 6.45) is 7.17. The van der Waals surface area contributed by atoms with Crippen molar-refractivity contribution in [1.82, 2.24) is 10.3 Å². The number of fused-ring (bicyclic) bond motifs is 2. The second-order valence-electron chi connectivity index (χ2n) is 6.05. The van der Waals surface area contributed by atoms with Gasteiger partial charge in [0.1, 0.15) is 5.82 Å². The number of aromatic nitrogens is 1. The Morgan fingerprint density at radius 3 is 2.80 bits per heavy atom. The fourth-order valence-electron chi connectivity index (χ4n) is 3.41. The molecular weight excluding hydrogens is 318 g/mol. The van der Waals surface area contributed by atoms with Gasteiger partial charge in [0.2, 0.25) is 5.91 Å². The Balaban J connectivity index is 1.55. The summed E-state index contributed by atoms with van der Waals surface area (Å²) in [5.41, 5.74) is 1.08. The van der Waals surface area contributed by atoms with Crippen LogP contribution in [0.5, 0.6) is 0 Å². The van der Waals surface area contributed by atoms with Crippen molar-refractivity contribution in [2.75, 3.05) is 5.32 Å². The normalized spacial score (nSPS) is 28.4. The maximum Gasteiger partial charge on any atom is 0.225 e. The molecule has 20 heavy (non-hydrogen) atoms. The number of hydrogen-bond acceptors (Lipinski definition) is 3. The Hall–Kier alpha value is -0.940. The molecule has 2 fully saturated rings. The second-order valence-corrected chi connectivity index (χ2v) is 6.90. The highest BCUT2D eigenvalue weighted by Gasteiger charge is 2.34. The van der Waals surface area contributed by atoms with Crippen molar-refractivity contribution in [3.05, 3.63) is 22.3 Å². The van der Waals surface area contributed by atoms with Crippen LogP contribution in [0.2, 0.25) is 0 Å². The number of anilines is 1. The zero-order valence-corrected chi connectivity index (χ0v) is 13.2. The van der Waals surface area contributed by atoms with Gasteiger partial charge < -0.3 is 10.6 Å². The lowest BCUT2D eigenvalue weighted by Crippen LogP contribution is -2.39. The van der Waals surface area contributed by atoms with Crippen molar-refractivity contribution in [3.8, 4) is 0 Å². The predicted octanol–water partition coefficient (Wildman–Crippen LogP) is 3.01. The molecule has 0 saturated carbocycles. The molecule has 4 nitrogen and oxygen atoms in total. The van der Waals surface area contributed by atoms with E-state index in [1.165, 1.54) is 12.8 Å². The van der Waals surface area contributed by atoms with Crippen LogP contribution >= 0.6 is 15.9 Å². The van der Waals surface area contributed by atoms with Gasteiger partial charge in [0.05, 0.1) is 0 Å². The van der Waals surface area contributed by atoms with Crippen LogP contribution in [0.3, 0.4) is 0 Å². The molecule has 3 heterocycles. The highest BCUT2D eigenvalue weighted by atomic mass is 79.9. The van der Waals surface area contributed by atoms with E-state index >= 15 is 0 Å². The van der Waals surface area contributed by atoms with Crippen LogP contribution in [-0.2, 0) is 4.79 Å². The van der Waals surface area contributed by atoms with Crippen molar-refractivity contribution < 1.29 is 4.79 Å². The quantitative estimate of drug-likeness (QED) is 0.891. The van der Waals surface area contributed by atoms with E-state index in [1.807, 2.05) is 13.0 Å². The second kappa shape index (κ2) is 5.82. The van der Waals surface area contributed by atoms with Crippen molar-refractivity contribution in [1.29, 1.82) is 0 Å². The number of amides is 1. The fraction of sp³-hybridized carbons (Fsp3) is 0.600. The molecule has 2 aliphatic heterocycles. The van der Waals surface area contributed by atoms with Gasteiger partial charge >= 0.3 is 0 Å². The standard InChI is InChI=1S/C15H20BrN3O/c1-9-4-14(17-8-13(9)16)19-15(20)7-10-5-11-2-3-12(6-10)18-11/h4,8,10-12,18H,2-3,5-7H2,1H3,(H,17,19,20). The smallest absolute Gasteiger partial charge is 0.225 e. The number of rotatable bonds is 3. The number of pyridine rings is 1. The summed E-state index contributed by atoms with van der Waals surface area (Å²) in [6, 6.07) is 3.17. The van der Waals surface area contributed by atoms with E-state index in [-0.39, 0.29) is 5.91 Å². The topological polar surface area (TPSA) is 54.0 Å². The third kappa shape index (κ3) is 3.20. The maximum absolute atomic E-state index is 12.1. The number of halogens is 1. The van der Waals surface area contributed by atoms with Crippen molar-refractivity contribution in [2.24, 2.45) is 5.92 Å². The molecule has 2 atom stereocenters. The van der Waals surface area contributed by atoms with E-state index in [4.69, 9.17) is 0 Å². The van der Waals surface area contributed by atoms with Crippen LogP contribution < -0.4 is 10.6 Å².